The number of rotatable bonds is 9. The molecule has 0 bridgehead atoms. The number of hydrogen-bond acceptors (Lipinski definition) is 6. The molecule has 0 fully saturated rings. The number of carbonyl (C=O) groups is 2. The zero-order chi connectivity index (χ0) is 22.3. The quantitative estimate of drug-likeness (QED) is 0.628. The predicted molar refractivity (Wildman–Crippen MR) is 114 cm³/mol. The first-order valence-electron chi connectivity index (χ1n) is 9.40. The first-order chi connectivity index (χ1) is 14.2. The van der Waals surface area contributed by atoms with Crippen LogP contribution in [0.1, 0.15) is 31.1 Å². The summed E-state index contributed by atoms with van der Waals surface area (Å²) in [7, 11) is -1.86. The SMILES string of the molecule is CCS(=O)(=O)c1ccc(NC(=O)c2ccc(OCC(=O)NC(C)C)c(OC)c2)cc1. The Bertz CT molecular complexity index is 1000. The number of methoxy groups -OCH3 is 1. The molecule has 30 heavy (non-hydrogen) atoms. The molecule has 0 heterocycles. The lowest BCUT2D eigenvalue weighted by Crippen LogP contribution is -2.34. The highest BCUT2D eigenvalue weighted by molar-refractivity contribution is 7.91. The monoisotopic (exact) mass is 434 g/mol. The van der Waals surface area contributed by atoms with E-state index in [1.807, 2.05) is 13.8 Å². The van der Waals surface area contributed by atoms with Gasteiger partial charge in [0.1, 0.15) is 0 Å². The van der Waals surface area contributed by atoms with E-state index in [1.54, 1.807) is 19.1 Å². The van der Waals surface area contributed by atoms with E-state index in [0.717, 1.165) is 0 Å². The molecular weight excluding hydrogens is 408 g/mol. The number of benzene rings is 2. The normalized spacial score (nSPS) is 11.1. The number of sulfone groups is 1. The van der Waals surface area contributed by atoms with Crippen LogP contribution in [0, 0.1) is 0 Å². The van der Waals surface area contributed by atoms with Crippen molar-refractivity contribution in [2.24, 2.45) is 0 Å². The second-order valence-electron chi connectivity index (χ2n) is 6.76. The van der Waals surface area contributed by atoms with Crippen LogP contribution in [0.4, 0.5) is 5.69 Å². The van der Waals surface area contributed by atoms with Crippen LogP contribution in [0.15, 0.2) is 47.4 Å². The zero-order valence-corrected chi connectivity index (χ0v) is 18.2. The fourth-order valence-electron chi connectivity index (χ4n) is 2.55. The van der Waals surface area contributed by atoms with Crippen molar-refractivity contribution in [1.29, 1.82) is 0 Å². The molecular formula is C21H26N2O6S. The van der Waals surface area contributed by atoms with E-state index in [9.17, 15) is 18.0 Å². The Hall–Kier alpha value is -3.07. The summed E-state index contributed by atoms with van der Waals surface area (Å²) in [4.78, 5) is 24.5. The van der Waals surface area contributed by atoms with Crippen LogP contribution in [0.25, 0.3) is 0 Å². The molecule has 2 N–H and O–H groups in total. The van der Waals surface area contributed by atoms with E-state index in [0.29, 0.717) is 22.7 Å². The highest BCUT2D eigenvalue weighted by Crippen LogP contribution is 2.28. The number of carbonyl (C=O) groups excluding carboxylic acids is 2. The van der Waals surface area contributed by atoms with Gasteiger partial charge in [-0.1, -0.05) is 6.92 Å². The summed E-state index contributed by atoms with van der Waals surface area (Å²) in [5.74, 6) is -0.0103. The maximum Gasteiger partial charge on any atom is 0.258 e. The molecule has 0 aliphatic heterocycles. The van der Waals surface area contributed by atoms with Gasteiger partial charge in [-0.05, 0) is 56.3 Å². The van der Waals surface area contributed by atoms with Crippen LogP contribution in [0.3, 0.4) is 0 Å². The summed E-state index contributed by atoms with van der Waals surface area (Å²) in [6, 6.07) is 10.6. The van der Waals surface area contributed by atoms with Crippen molar-refractivity contribution >= 4 is 27.3 Å². The van der Waals surface area contributed by atoms with Gasteiger partial charge in [0.2, 0.25) is 0 Å². The Morgan fingerprint density at radius 2 is 1.70 bits per heavy atom. The van der Waals surface area contributed by atoms with E-state index in [-0.39, 0.29) is 29.2 Å². The molecule has 0 unspecified atom stereocenters. The second-order valence-corrected chi connectivity index (χ2v) is 9.04. The van der Waals surface area contributed by atoms with Gasteiger partial charge in [-0.2, -0.15) is 0 Å². The first-order valence-corrected chi connectivity index (χ1v) is 11.1. The summed E-state index contributed by atoms with van der Waals surface area (Å²) in [6.07, 6.45) is 0. The highest BCUT2D eigenvalue weighted by atomic mass is 32.2. The Balaban J connectivity index is 2.08. The van der Waals surface area contributed by atoms with Crippen molar-refractivity contribution < 1.29 is 27.5 Å². The summed E-state index contributed by atoms with van der Waals surface area (Å²) >= 11 is 0. The minimum Gasteiger partial charge on any atom is -0.493 e. The Morgan fingerprint density at radius 1 is 1.03 bits per heavy atom. The van der Waals surface area contributed by atoms with Gasteiger partial charge >= 0.3 is 0 Å². The molecule has 0 atom stereocenters. The van der Waals surface area contributed by atoms with Crippen LogP contribution < -0.4 is 20.1 Å². The highest BCUT2D eigenvalue weighted by Gasteiger charge is 2.14. The van der Waals surface area contributed by atoms with Gasteiger partial charge in [0, 0.05) is 17.3 Å². The molecule has 2 amide bonds. The van der Waals surface area contributed by atoms with Gasteiger partial charge in [0.25, 0.3) is 11.8 Å². The number of hydrogen-bond donors (Lipinski definition) is 2. The number of amides is 2. The molecule has 0 aromatic heterocycles. The Morgan fingerprint density at radius 3 is 2.27 bits per heavy atom. The van der Waals surface area contributed by atoms with Crippen LogP contribution >= 0.6 is 0 Å². The van der Waals surface area contributed by atoms with Gasteiger partial charge in [0.15, 0.2) is 27.9 Å². The Labute approximate surface area is 176 Å². The van der Waals surface area contributed by atoms with E-state index in [1.165, 1.54) is 37.4 Å². The number of ether oxygens (including phenoxy) is 2. The predicted octanol–water partition coefficient (Wildman–Crippen LogP) is 2.64. The fourth-order valence-corrected chi connectivity index (χ4v) is 3.43. The molecule has 162 valence electrons. The molecule has 2 rings (SSSR count). The lowest BCUT2D eigenvalue weighted by atomic mass is 10.2. The van der Waals surface area contributed by atoms with E-state index in [4.69, 9.17) is 9.47 Å². The van der Waals surface area contributed by atoms with Crippen molar-refractivity contribution in [2.45, 2.75) is 31.7 Å². The smallest absolute Gasteiger partial charge is 0.258 e. The van der Waals surface area contributed by atoms with Crippen LogP contribution in [-0.2, 0) is 14.6 Å². The lowest BCUT2D eigenvalue weighted by Gasteiger charge is -2.13. The van der Waals surface area contributed by atoms with Crippen LogP contribution in [0.2, 0.25) is 0 Å². The van der Waals surface area contributed by atoms with Crippen molar-refractivity contribution in [3.63, 3.8) is 0 Å². The van der Waals surface area contributed by atoms with Crippen molar-refractivity contribution in [3.8, 4) is 11.5 Å². The van der Waals surface area contributed by atoms with Gasteiger partial charge in [-0.25, -0.2) is 8.42 Å². The topological polar surface area (TPSA) is 111 Å². The van der Waals surface area contributed by atoms with Crippen molar-refractivity contribution in [2.75, 3.05) is 24.8 Å². The number of anilines is 1. The molecule has 0 aliphatic rings. The summed E-state index contributed by atoms with van der Waals surface area (Å²) in [6.45, 7) is 5.10. The fraction of sp³-hybridized carbons (Fsp3) is 0.333. The van der Waals surface area contributed by atoms with E-state index < -0.39 is 15.7 Å². The third-order valence-corrected chi connectivity index (χ3v) is 5.84. The molecule has 9 heteroatoms. The molecule has 0 spiro atoms. The van der Waals surface area contributed by atoms with Crippen LogP contribution in [-0.4, -0.2) is 45.7 Å². The van der Waals surface area contributed by atoms with Gasteiger partial charge in [-0.3, -0.25) is 9.59 Å². The molecule has 0 saturated heterocycles. The zero-order valence-electron chi connectivity index (χ0n) is 17.4. The van der Waals surface area contributed by atoms with E-state index in [2.05, 4.69) is 10.6 Å². The summed E-state index contributed by atoms with van der Waals surface area (Å²) < 4.78 is 34.5. The van der Waals surface area contributed by atoms with Crippen molar-refractivity contribution in [1.82, 2.24) is 5.32 Å². The number of nitrogens with one attached hydrogen (secondary N) is 2. The minimum absolute atomic E-state index is 0.00483. The Kier molecular flexibility index (Phi) is 7.82. The van der Waals surface area contributed by atoms with Gasteiger partial charge < -0.3 is 20.1 Å². The van der Waals surface area contributed by atoms with Gasteiger partial charge in [-0.15, -0.1) is 0 Å². The third kappa shape index (κ3) is 6.21. The molecule has 0 saturated carbocycles. The molecule has 2 aromatic rings. The van der Waals surface area contributed by atoms with Crippen molar-refractivity contribution in [3.05, 3.63) is 48.0 Å². The molecule has 8 nitrogen and oxygen atoms in total. The third-order valence-electron chi connectivity index (χ3n) is 4.09. The molecule has 0 radical (unpaired) electrons. The summed E-state index contributed by atoms with van der Waals surface area (Å²) in [5.41, 5.74) is 0.774. The second kappa shape index (κ2) is 10.1. The maximum atomic E-state index is 12.5. The molecule has 2 aromatic carbocycles. The largest absolute Gasteiger partial charge is 0.493 e. The standard InChI is InChI=1S/C21H26N2O6S/c1-5-30(26,27)17-9-7-16(8-10-17)23-21(25)15-6-11-18(19(12-15)28-4)29-13-20(24)22-14(2)3/h6-12,14H,5,13H2,1-4H3,(H,22,24)(H,23,25). The first kappa shape index (κ1) is 23.2. The van der Waals surface area contributed by atoms with Gasteiger partial charge in [0.05, 0.1) is 17.8 Å². The van der Waals surface area contributed by atoms with E-state index >= 15 is 0 Å². The molecule has 0 aliphatic carbocycles. The minimum atomic E-state index is -3.30. The average molecular weight is 435 g/mol. The maximum absolute atomic E-state index is 12.5. The average Bonchev–Trinajstić information content (AvgIpc) is 2.72. The van der Waals surface area contributed by atoms with Crippen LogP contribution in [0.5, 0.6) is 11.5 Å². The summed E-state index contributed by atoms with van der Waals surface area (Å²) in [5, 5.41) is 5.42. The lowest BCUT2D eigenvalue weighted by molar-refractivity contribution is -0.123.